The number of rotatable bonds is 3. The predicted molar refractivity (Wildman–Crippen MR) is 79.0 cm³/mol. The van der Waals surface area contributed by atoms with Crippen LogP contribution in [0, 0.1) is 0 Å². The number of amides is 1. The number of carbonyl (C=O) groups excluding carboxylic acids is 1. The molecule has 0 bridgehead atoms. The quantitative estimate of drug-likeness (QED) is 0.737. The Morgan fingerprint density at radius 2 is 1.95 bits per heavy atom. The highest BCUT2D eigenvalue weighted by atomic mass is 16.1. The Bertz CT molecular complexity index is 608. The minimum absolute atomic E-state index is 0.231. The standard InChI is InChI=1S/C15H17N3O/c1-2-10-4-3-5-12(8-10)18-15(19)13-7-6-11(16)9-14(13)17/h3-9H,2,16-17H2,1H3,(H,18,19). The van der Waals surface area contributed by atoms with E-state index in [1.165, 1.54) is 5.56 Å². The van der Waals surface area contributed by atoms with E-state index in [1.54, 1.807) is 18.2 Å². The fraction of sp³-hybridized carbons (Fsp3) is 0.133. The molecule has 0 saturated carbocycles. The average molecular weight is 255 g/mol. The highest BCUT2D eigenvalue weighted by Gasteiger charge is 2.10. The molecule has 1 amide bonds. The van der Waals surface area contributed by atoms with Gasteiger partial charge in [0.2, 0.25) is 0 Å². The summed E-state index contributed by atoms with van der Waals surface area (Å²) in [4.78, 5) is 12.1. The zero-order valence-electron chi connectivity index (χ0n) is 10.8. The van der Waals surface area contributed by atoms with E-state index < -0.39 is 0 Å². The fourth-order valence-corrected chi connectivity index (χ4v) is 1.86. The minimum atomic E-state index is -0.231. The Hall–Kier alpha value is -2.49. The first-order chi connectivity index (χ1) is 9.10. The normalized spacial score (nSPS) is 10.2. The zero-order chi connectivity index (χ0) is 13.8. The van der Waals surface area contributed by atoms with Crippen LogP contribution in [0.25, 0.3) is 0 Å². The van der Waals surface area contributed by atoms with E-state index in [-0.39, 0.29) is 5.91 Å². The average Bonchev–Trinajstić information content (AvgIpc) is 2.38. The lowest BCUT2D eigenvalue weighted by Gasteiger charge is -2.09. The minimum Gasteiger partial charge on any atom is -0.399 e. The largest absolute Gasteiger partial charge is 0.399 e. The molecule has 0 fully saturated rings. The third-order valence-corrected chi connectivity index (χ3v) is 2.91. The number of benzene rings is 2. The topological polar surface area (TPSA) is 81.1 Å². The molecular formula is C15H17N3O. The van der Waals surface area contributed by atoms with Gasteiger partial charge in [-0.25, -0.2) is 0 Å². The maximum Gasteiger partial charge on any atom is 0.257 e. The molecule has 0 saturated heterocycles. The number of anilines is 3. The Balaban J connectivity index is 2.20. The van der Waals surface area contributed by atoms with Gasteiger partial charge in [0.05, 0.1) is 5.56 Å². The smallest absolute Gasteiger partial charge is 0.257 e. The van der Waals surface area contributed by atoms with Gasteiger partial charge in [0.15, 0.2) is 0 Å². The first-order valence-corrected chi connectivity index (χ1v) is 6.15. The second kappa shape index (κ2) is 5.44. The van der Waals surface area contributed by atoms with E-state index in [0.29, 0.717) is 16.9 Å². The third-order valence-electron chi connectivity index (χ3n) is 2.91. The molecule has 0 unspecified atom stereocenters. The van der Waals surface area contributed by atoms with Crippen LogP contribution in [0.1, 0.15) is 22.8 Å². The molecule has 19 heavy (non-hydrogen) atoms. The lowest BCUT2D eigenvalue weighted by Crippen LogP contribution is -2.14. The van der Waals surface area contributed by atoms with Gasteiger partial charge in [0.25, 0.3) is 5.91 Å². The van der Waals surface area contributed by atoms with Crippen molar-refractivity contribution in [2.75, 3.05) is 16.8 Å². The fourth-order valence-electron chi connectivity index (χ4n) is 1.86. The SMILES string of the molecule is CCc1cccc(NC(=O)c2ccc(N)cc2N)c1. The van der Waals surface area contributed by atoms with E-state index in [0.717, 1.165) is 12.1 Å². The van der Waals surface area contributed by atoms with Crippen LogP contribution in [-0.2, 0) is 6.42 Å². The molecule has 2 rings (SSSR count). The van der Waals surface area contributed by atoms with Gasteiger partial charge >= 0.3 is 0 Å². The van der Waals surface area contributed by atoms with Crippen molar-refractivity contribution in [3.63, 3.8) is 0 Å². The van der Waals surface area contributed by atoms with Gasteiger partial charge < -0.3 is 16.8 Å². The number of nitrogen functional groups attached to an aromatic ring is 2. The summed E-state index contributed by atoms with van der Waals surface area (Å²) in [7, 11) is 0. The van der Waals surface area contributed by atoms with Crippen LogP contribution < -0.4 is 16.8 Å². The number of nitrogens with two attached hydrogens (primary N) is 2. The van der Waals surface area contributed by atoms with Crippen LogP contribution in [0.15, 0.2) is 42.5 Å². The monoisotopic (exact) mass is 255 g/mol. The van der Waals surface area contributed by atoms with Gasteiger partial charge in [-0.15, -0.1) is 0 Å². The summed E-state index contributed by atoms with van der Waals surface area (Å²) in [6.45, 7) is 2.07. The van der Waals surface area contributed by atoms with Crippen molar-refractivity contribution >= 4 is 23.0 Å². The van der Waals surface area contributed by atoms with Gasteiger partial charge in [-0.2, -0.15) is 0 Å². The first kappa shape index (κ1) is 13.0. The highest BCUT2D eigenvalue weighted by molar-refractivity contribution is 6.08. The molecular weight excluding hydrogens is 238 g/mol. The second-order valence-electron chi connectivity index (χ2n) is 4.35. The molecule has 0 aliphatic rings. The van der Waals surface area contributed by atoms with E-state index in [9.17, 15) is 4.79 Å². The number of hydrogen-bond donors (Lipinski definition) is 3. The van der Waals surface area contributed by atoms with Crippen LogP contribution in [-0.4, -0.2) is 5.91 Å². The van der Waals surface area contributed by atoms with Crippen molar-refractivity contribution in [2.45, 2.75) is 13.3 Å². The number of aryl methyl sites for hydroxylation is 1. The van der Waals surface area contributed by atoms with E-state index in [1.807, 2.05) is 24.3 Å². The molecule has 0 heterocycles. The van der Waals surface area contributed by atoms with Gasteiger partial charge in [0.1, 0.15) is 0 Å². The van der Waals surface area contributed by atoms with Crippen molar-refractivity contribution in [3.05, 3.63) is 53.6 Å². The summed E-state index contributed by atoms with van der Waals surface area (Å²) in [5.41, 5.74) is 14.7. The molecule has 0 aromatic heterocycles. The Labute approximate surface area is 112 Å². The molecule has 0 atom stereocenters. The maximum absolute atomic E-state index is 12.1. The van der Waals surface area contributed by atoms with Crippen LogP contribution in [0.5, 0.6) is 0 Å². The van der Waals surface area contributed by atoms with Crippen molar-refractivity contribution in [2.24, 2.45) is 0 Å². The molecule has 0 aliphatic heterocycles. The molecule has 2 aromatic rings. The number of hydrogen-bond acceptors (Lipinski definition) is 3. The van der Waals surface area contributed by atoms with Crippen LogP contribution in [0.3, 0.4) is 0 Å². The molecule has 0 aliphatic carbocycles. The summed E-state index contributed by atoms with van der Waals surface area (Å²) < 4.78 is 0. The van der Waals surface area contributed by atoms with Gasteiger partial charge in [-0.1, -0.05) is 19.1 Å². The molecule has 4 heteroatoms. The maximum atomic E-state index is 12.1. The van der Waals surface area contributed by atoms with Crippen molar-refractivity contribution in [1.82, 2.24) is 0 Å². The number of carbonyl (C=O) groups is 1. The predicted octanol–water partition coefficient (Wildman–Crippen LogP) is 2.67. The molecule has 5 N–H and O–H groups in total. The van der Waals surface area contributed by atoms with E-state index in [4.69, 9.17) is 11.5 Å². The lowest BCUT2D eigenvalue weighted by atomic mass is 10.1. The molecule has 0 radical (unpaired) electrons. The molecule has 2 aromatic carbocycles. The summed E-state index contributed by atoms with van der Waals surface area (Å²) in [6.07, 6.45) is 0.924. The number of nitrogens with one attached hydrogen (secondary N) is 1. The Kier molecular flexibility index (Phi) is 3.71. The van der Waals surface area contributed by atoms with Crippen molar-refractivity contribution in [3.8, 4) is 0 Å². The second-order valence-corrected chi connectivity index (χ2v) is 4.35. The lowest BCUT2D eigenvalue weighted by molar-refractivity contribution is 0.102. The summed E-state index contributed by atoms with van der Waals surface area (Å²) >= 11 is 0. The van der Waals surface area contributed by atoms with Crippen LogP contribution in [0.2, 0.25) is 0 Å². The van der Waals surface area contributed by atoms with Crippen molar-refractivity contribution < 1.29 is 4.79 Å². The molecule has 4 nitrogen and oxygen atoms in total. The first-order valence-electron chi connectivity index (χ1n) is 6.15. The van der Waals surface area contributed by atoms with E-state index in [2.05, 4.69) is 12.2 Å². The van der Waals surface area contributed by atoms with Crippen LogP contribution >= 0.6 is 0 Å². The zero-order valence-corrected chi connectivity index (χ0v) is 10.8. The van der Waals surface area contributed by atoms with Crippen molar-refractivity contribution in [1.29, 1.82) is 0 Å². The molecule has 98 valence electrons. The summed E-state index contributed by atoms with van der Waals surface area (Å²) in [6, 6.07) is 12.6. The Morgan fingerprint density at radius 1 is 1.16 bits per heavy atom. The third kappa shape index (κ3) is 3.04. The van der Waals surface area contributed by atoms with Crippen LogP contribution in [0.4, 0.5) is 17.1 Å². The summed E-state index contributed by atoms with van der Waals surface area (Å²) in [5, 5.41) is 2.83. The van der Waals surface area contributed by atoms with E-state index >= 15 is 0 Å². The summed E-state index contributed by atoms with van der Waals surface area (Å²) in [5.74, 6) is -0.231. The van der Waals surface area contributed by atoms with Gasteiger partial charge in [-0.05, 0) is 42.3 Å². The highest BCUT2D eigenvalue weighted by Crippen LogP contribution is 2.18. The Morgan fingerprint density at radius 3 is 2.63 bits per heavy atom. The van der Waals surface area contributed by atoms with Gasteiger partial charge in [0, 0.05) is 17.1 Å². The van der Waals surface area contributed by atoms with Gasteiger partial charge in [-0.3, -0.25) is 4.79 Å². The molecule has 0 spiro atoms.